The number of likely N-dealkylation sites (N-methyl/N-ethyl adjacent to an activating group) is 1. The van der Waals surface area contributed by atoms with Gasteiger partial charge in [0.25, 0.3) is 5.91 Å². The highest BCUT2D eigenvalue weighted by molar-refractivity contribution is 6.42. The van der Waals surface area contributed by atoms with Crippen molar-refractivity contribution >= 4 is 35.0 Å². The molecule has 5 rings (SSSR count). The second kappa shape index (κ2) is 12.8. The Morgan fingerprint density at radius 3 is 2.18 bits per heavy atom. The fraction of sp³-hybridized carbons (Fsp3) is 0.424. The number of aromatic nitrogens is 1. The van der Waals surface area contributed by atoms with Crippen molar-refractivity contribution in [2.45, 2.75) is 43.1 Å². The van der Waals surface area contributed by atoms with Gasteiger partial charge in [0.05, 0.1) is 36.8 Å². The number of hydrogen-bond donors (Lipinski definition) is 1. The molecule has 2 aliphatic heterocycles. The van der Waals surface area contributed by atoms with Gasteiger partial charge >= 0.3 is 0 Å². The monoisotopic (exact) mass is 640 g/mol. The molecule has 2 aromatic carbocycles. The van der Waals surface area contributed by atoms with Crippen molar-refractivity contribution in [1.29, 1.82) is 0 Å². The minimum atomic E-state index is -0.892. The number of halogens is 2. The van der Waals surface area contributed by atoms with Gasteiger partial charge in [0.1, 0.15) is 0 Å². The summed E-state index contributed by atoms with van der Waals surface area (Å²) in [6.45, 7) is 4.43. The Labute approximate surface area is 268 Å². The Bertz CT molecular complexity index is 1510. The molecule has 2 saturated heterocycles. The highest BCUT2D eigenvalue weighted by Gasteiger charge is 2.55. The topological polar surface area (TPSA) is 107 Å². The molecular formula is C33H38Cl2N4O5. The van der Waals surface area contributed by atoms with Crippen LogP contribution in [-0.2, 0) is 15.6 Å². The lowest BCUT2D eigenvalue weighted by molar-refractivity contribution is -0.127. The summed E-state index contributed by atoms with van der Waals surface area (Å²) in [5.41, 5.74) is 6.99. The van der Waals surface area contributed by atoms with Crippen molar-refractivity contribution in [3.05, 3.63) is 81.6 Å². The van der Waals surface area contributed by atoms with E-state index in [2.05, 4.69) is 16.8 Å². The normalized spacial score (nSPS) is 23.8. The highest BCUT2D eigenvalue weighted by atomic mass is 35.5. The van der Waals surface area contributed by atoms with Gasteiger partial charge in [-0.2, -0.15) is 0 Å². The van der Waals surface area contributed by atoms with E-state index in [-0.39, 0.29) is 17.9 Å². The zero-order valence-corrected chi connectivity index (χ0v) is 27.0. The Morgan fingerprint density at radius 1 is 0.932 bits per heavy atom. The molecule has 1 aromatic heterocycles. The van der Waals surface area contributed by atoms with E-state index in [9.17, 15) is 9.59 Å². The van der Waals surface area contributed by atoms with Crippen LogP contribution in [0.3, 0.4) is 0 Å². The molecule has 0 saturated carbocycles. The van der Waals surface area contributed by atoms with E-state index in [0.29, 0.717) is 71.8 Å². The number of rotatable bonds is 9. The Hall–Kier alpha value is -3.53. The van der Waals surface area contributed by atoms with Crippen LogP contribution >= 0.6 is 23.2 Å². The van der Waals surface area contributed by atoms with Crippen LogP contribution < -0.4 is 19.9 Å². The minimum Gasteiger partial charge on any atom is -0.493 e. The molecule has 44 heavy (non-hydrogen) atoms. The maximum absolute atomic E-state index is 14.1. The van der Waals surface area contributed by atoms with Gasteiger partial charge in [-0.15, -0.1) is 0 Å². The van der Waals surface area contributed by atoms with E-state index in [1.54, 1.807) is 30.6 Å². The average Bonchev–Trinajstić information content (AvgIpc) is 3.51. The van der Waals surface area contributed by atoms with Gasteiger partial charge in [0, 0.05) is 42.5 Å². The second-order valence-electron chi connectivity index (χ2n) is 11.5. The fourth-order valence-corrected chi connectivity index (χ4v) is 7.47. The minimum absolute atomic E-state index is 0.142. The molecule has 0 aliphatic carbocycles. The summed E-state index contributed by atoms with van der Waals surface area (Å²) in [5.74, 6) is 0.687. The maximum Gasteiger partial charge on any atom is 0.254 e. The lowest BCUT2D eigenvalue weighted by Crippen LogP contribution is -2.61. The van der Waals surface area contributed by atoms with Crippen molar-refractivity contribution in [3.63, 3.8) is 0 Å². The largest absolute Gasteiger partial charge is 0.493 e. The third-order valence-corrected chi connectivity index (χ3v) is 10.3. The standard InChI is InChI=1S/C33H38Cl2N4O5/c1-5-38-14-10-32(31(36)41,22-8-12-37-13-9-22)19-28(38)33(23-6-7-24(34)25(35)18-23)11-15-39(20-33)30(40)21-16-26(42-2)29(44-4)27(17-21)43-3/h6-9,12-13,16-18,28H,5,10-11,14-15,19-20H2,1-4H3,(H2,36,41). The molecule has 0 bridgehead atoms. The molecule has 3 heterocycles. The summed E-state index contributed by atoms with van der Waals surface area (Å²) in [5, 5.41) is 0.889. The van der Waals surface area contributed by atoms with Gasteiger partial charge in [-0.1, -0.05) is 36.2 Å². The molecule has 234 valence electrons. The van der Waals surface area contributed by atoms with Crippen LogP contribution in [0.25, 0.3) is 0 Å². The number of ether oxygens (including phenoxy) is 3. The van der Waals surface area contributed by atoms with Gasteiger partial charge in [0.2, 0.25) is 11.7 Å². The molecule has 2 N–H and O–H groups in total. The van der Waals surface area contributed by atoms with E-state index in [1.165, 1.54) is 21.3 Å². The average molecular weight is 642 g/mol. The summed E-state index contributed by atoms with van der Waals surface area (Å²) >= 11 is 13.0. The molecule has 2 aliphatic rings. The van der Waals surface area contributed by atoms with Crippen LogP contribution in [0.2, 0.25) is 10.0 Å². The lowest BCUT2D eigenvalue weighted by Gasteiger charge is -2.52. The number of likely N-dealkylation sites (tertiary alicyclic amines) is 2. The summed E-state index contributed by atoms with van der Waals surface area (Å²) in [4.78, 5) is 35.9. The fourth-order valence-electron chi connectivity index (χ4n) is 7.17. The number of piperidine rings is 1. The molecule has 0 radical (unpaired) electrons. The van der Waals surface area contributed by atoms with Gasteiger partial charge in [-0.05, 0) is 79.9 Å². The zero-order valence-electron chi connectivity index (χ0n) is 25.4. The van der Waals surface area contributed by atoms with Gasteiger partial charge in [-0.25, -0.2) is 0 Å². The highest BCUT2D eigenvalue weighted by Crippen LogP contribution is 2.50. The van der Waals surface area contributed by atoms with E-state index in [0.717, 1.165) is 17.7 Å². The van der Waals surface area contributed by atoms with E-state index >= 15 is 0 Å². The first-order chi connectivity index (χ1) is 21.1. The lowest BCUT2D eigenvalue weighted by atomic mass is 9.62. The Morgan fingerprint density at radius 2 is 1.61 bits per heavy atom. The molecule has 3 aromatic rings. The third kappa shape index (κ3) is 5.46. The van der Waals surface area contributed by atoms with Gasteiger partial charge < -0.3 is 24.8 Å². The summed E-state index contributed by atoms with van der Waals surface area (Å²) < 4.78 is 16.5. The van der Waals surface area contributed by atoms with E-state index < -0.39 is 10.8 Å². The van der Waals surface area contributed by atoms with Crippen LogP contribution in [0.15, 0.2) is 54.9 Å². The van der Waals surface area contributed by atoms with Crippen molar-refractivity contribution < 1.29 is 23.8 Å². The SMILES string of the molecule is CCN1CCC(C(N)=O)(c2ccncc2)CC1C1(c2ccc(Cl)c(Cl)c2)CCN(C(=O)c2cc(OC)c(OC)c(OC)c2)C1. The van der Waals surface area contributed by atoms with Crippen LogP contribution in [0, 0.1) is 0 Å². The Kier molecular flexibility index (Phi) is 9.30. The molecule has 9 nitrogen and oxygen atoms in total. The number of nitrogens with zero attached hydrogens (tertiary/aromatic N) is 3. The van der Waals surface area contributed by atoms with Crippen LogP contribution in [0.4, 0.5) is 0 Å². The van der Waals surface area contributed by atoms with E-state index in [1.807, 2.05) is 29.2 Å². The molecule has 2 amide bonds. The van der Waals surface area contributed by atoms with Crippen molar-refractivity contribution in [1.82, 2.24) is 14.8 Å². The van der Waals surface area contributed by atoms with Crippen molar-refractivity contribution in [2.24, 2.45) is 5.73 Å². The smallest absolute Gasteiger partial charge is 0.254 e. The zero-order chi connectivity index (χ0) is 31.6. The van der Waals surface area contributed by atoms with Crippen molar-refractivity contribution in [2.75, 3.05) is 47.5 Å². The molecule has 3 atom stereocenters. The third-order valence-electron chi connectivity index (χ3n) is 9.55. The number of amides is 2. The van der Waals surface area contributed by atoms with Crippen LogP contribution in [-0.4, -0.2) is 80.1 Å². The molecule has 0 spiro atoms. The number of pyridine rings is 1. The second-order valence-corrected chi connectivity index (χ2v) is 12.3. The maximum atomic E-state index is 14.1. The number of carbonyl (C=O) groups excluding carboxylic acids is 2. The summed E-state index contributed by atoms with van der Waals surface area (Å²) in [7, 11) is 4.56. The Balaban J connectivity index is 1.61. The van der Waals surface area contributed by atoms with Crippen LogP contribution in [0.5, 0.6) is 17.2 Å². The predicted octanol–water partition coefficient (Wildman–Crippen LogP) is 5.11. The summed E-state index contributed by atoms with van der Waals surface area (Å²) in [6.07, 6.45) is 5.11. The predicted molar refractivity (Wildman–Crippen MR) is 170 cm³/mol. The quantitative estimate of drug-likeness (QED) is 0.346. The van der Waals surface area contributed by atoms with Crippen LogP contribution in [0.1, 0.15) is 47.7 Å². The molecule has 2 fully saturated rings. The van der Waals surface area contributed by atoms with Gasteiger partial charge in [-0.3, -0.25) is 19.5 Å². The van der Waals surface area contributed by atoms with E-state index in [4.69, 9.17) is 43.1 Å². The number of benzene rings is 2. The first-order valence-electron chi connectivity index (χ1n) is 14.6. The number of hydrogen-bond acceptors (Lipinski definition) is 7. The number of carbonyl (C=O) groups is 2. The number of methoxy groups -OCH3 is 3. The molecule has 3 unspecified atom stereocenters. The van der Waals surface area contributed by atoms with Gasteiger partial charge in [0.15, 0.2) is 11.5 Å². The number of primary amides is 1. The first kappa shape index (κ1) is 31.9. The summed E-state index contributed by atoms with van der Waals surface area (Å²) in [6, 6.07) is 12.6. The number of nitrogens with two attached hydrogens (primary N) is 1. The molecule has 11 heteroatoms. The first-order valence-corrected chi connectivity index (χ1v) is 15.4. The van der Waals surface area contributed by atoms with Crippen molar-refractivity contribution in [3.8, 4) is 17.2 Å². The molecular weight excluding hydrogens is 603 g/mol.